The van der Waals surface area contributed by atoms with Gasteiger partial charge >= 0.3 is 0 Å². The Labute approximate surface area is 165 Å². The minimum Gasteiger partial charge on any atom is -0.443 e. The Balaban J connectivity index is 1.58. The summed E-state index contributed by atoms with van der Waals surface area (Å²) in [6, 6.07) is 7.91. The van der Waals surface area contributed by atoms with Gasteiger partial charge in [0.25, 0.3) is 0 Å². The number of nitrogens with zero attached hydrogens (tertiary/aromatic N) is 3. The van der Waals surface area contributed by atoms with Crippen LogP contribution in [-0.4, -0.2) is 29.0 Å². The van der Waals surface area contributed by atoms with Gasteiger partial charge in [-0.05, 0) is 52.7 Å². The molecular formula is C22H26N4O2. The summed E-state index contributed by atoms with van der Waals surface area (Å²) >= 11 is 0. The van der Waals surface area contributed by atoms with Crippen molar-refractivity contribution in [2.75, 3.05) is 23.3 Å². The zero-order valence-corrected chi connectivity index (χ0v) is 16.9. The van der Waals surface area contributed by atoms with E-state index in [1.807, 2.05) is 52.0 Å². The number of carbonyl (C=O) groups excluding carboxylic acids is 1. The molecule has 4 rings (SSSR count). The molecule has 1 fully saturated rings. The summed E-state index contributed by atoms with van der Waals surface area (Å²) in [6.45, 7) is 9.42. The Morgan fingerprint density at radius 1 is 1.14 bits per heavy atom. The van der Waals surface area contributed by atoms with E-state index in [1.54, 1.807) is 0 Å². The number of hydrogen-bond acceptors (Lipinski definition) is 5. The van der Waals surface area contributed by atoms with Gasteiger partial charge in [-0.1, -0.05) is 17.7 Å². The molecular weight excluding hydrogens is 352 g/mol. The largest absolute Gasteiger partial charge is 0.443 e. The number of fused-ring (bicyclic) bond motifs is 1. The maximum absolute atomic E-state index is 12.8. The first-order valence-corrected chi connectivity index (χ1v) is 9.79. The molecule has 6 heteroatoms. The second-order valence-electron chi connectivity index (χ2n) is 7.70. The molecule has 3 aromatic rings. The normalized spacial score (nSPS) is 17.1. The van der Waals surface area contributed by atoms with Crippen LogP contribution in [0.25, 0.3) is 11.1 Å². The van der Waals surface area contributed by atoms with E-state index in [1.165, 1.54) is 5.56 Å². The van der Waals surface area contributed by atoms with Crippen molar-refractivity contribution in [3.63, 3.8) is 0 Å². The highest BCUT2D eigenvalue weighted by atomic mass is 16.3. The van der Waals surface area contributed by atoms with E-state index >= 15 is 0 Å². The smallest absolute Gasteiger partial charge is 0.231 e. The molecule has 146 valence electrons. The van der Waals surface area contributed by atoms with Crippen molar-refractivity contribution in [2.45, 2.75) is 40.5 Å². The number of carbonyl (C=O) groups is 1. The van der Waals surface area contributed by atoms with E-state index in [0.29, 0.717) is 18.1 Å². The van der Waals surface area contributed by atoms with Crippen LogP contribution in [0.3, 0.4) is 0 Å². The second-order valence-corrected chi connectivity index (χ2v) is 7.70. The molecule has 0 bridgehead atoms. The molecule has 1 amide bonds. The van der Waals surface area contributed by atoms with Gasteiger partial charge < -0.3 is 14.6 Å². The van der Waals surface area contributed by atoms with Crippen molar-refractivity contribution in [2.24, 2.45) is 5.92 Å². The Morgan fingerprint density at radius 2 is 1.89 bits per heavy atom. The maximum Gasteiger partial charge on any atom is 0.231 e. The van der Waals surface area contributed by atoms with Gasteiger partial charge in [0, 0.05) is 24.3 Å². The highest BCUT2D eigenvalue weighted by molar-refractivity contribution is 5.94. The number of anilines is 2. The average Bonchev–Trinajstić information content (AvgIpc) is 2.96. The molecule has 6 nitrogen and oxygen atoms in total. The lowest BCUT2D eigenvalue weighted by atomic mass is 9.96. The number of aromatic nitrogens is 2. The van der Waals surface area contributed by atoms with E-state index < -0.39 is 0 Å². The van der Waals surface area contributed by atoms with Gasteiger partial charge in [-0.3, -0.25) is 4.79 Å². The fourth-order valence-electron chi connectivity index (χ4n) is 3.83. The Morgan fingerprint density at radius 3 is 2.64 bits per heavy atom. The lowest BCUT2D eigenvalue weighted by molar-refractivity contribution is -0.120. The minimum absolute atomic E-state index is 0.0654. The van der Waals surface area contributed by atoms with Gasteiger partial charge in [0.15, 0.2) is 0 Å². The molecule has 1 aliphatic heterocycles. The minimum atomic E-state index is -0.0753. The number of hydrogen-bond donors (Lipinski definition) is 1. The zero-order chi connectivity index (χ0) is 19.8. The lowest BCUT2D eigenvalue weighted by Gasteiger charge is -2.33. The van der Waals surface area contributed by atoms with Gasteiger partial charge in [-0.25, -0.2) is 4.98 Å². The van der Waals surface area contributed by atoms with Crippen LogP contribution in [0.5, 0.6) is 0 Å². The first-order chi connectivity index (χ1) is 13.4. The Bertz CT molecular complexity index is 1020. The number of aryl methyl sites for hydroxylation is 4. The van der Waals surface area contributed by atoms with Crippen molar-refractivity contribution >= 4 is 28.5 Å². The summed E-state index contributed by atoms with van der Waals surface area (Å²) in [6.07, 6.45) is 1.83. The lowest BCUT2D eigenvalue weighted by Crippen LogP contribution is -2.41. The fraction of sp³-hybridized carbons (Fsp3) is 0.409. The number of rotatable bonds is 3. The van der Waals surface area contributed by atoms with Crippen molar-refractivity contribution < 1.29 is 9.21 Å². The van der Waals surface area contributed by atoms with Crippen molar-refractivity contribution in [1.82, 2.24) is 9.97 Å². The average molecular weight is 378 g/mol. The number of piperidine rings is 1. The number of nitrogens with one attached hydrogen (secondary N) is 1. The molecule has 0 spiro atoms. The monoisotopic (exact) mass is 378 g/mol. The summed E-state index contributed by atoms with van der Waals surface area (Å²) in [7, 11) is 0. The summed E-state index contributed by atoms with van der Waals surface area (Å²) in [5.74, 6) is 2.42. The third kappa shape index (κ3) is 3.46. The summed E-state index contributed by atoms with van der Waals surface area (Å²) < 4.78 is 5.82. The van der Waals surface area contributed by atoms with E-state index in [-0.39, 0.29) is 11.8 Å². The van der Waals surface area contributed by atoms with Gasteiger partial charge in [0.1, 0.15) is 17.4 Å². The summed E-state index contributed by atoms with van der Waals surface area (Å²) in [4.78, 5) is 24.2. The Kier molecular flexibility index (Phi) is 4.79. The van der Waals surface area contributed by atoms with E-state index in [9.17, 15) is 4.79 Å². The van der Waals surface area contributed by atoms with Gasteiger partial charge in [0.05, 0.1) is 11.3 Å². The third-order valence-corrected chi connectivity index (χ3v) is 5.53. The topological polar surface area (TPSA) is 71.3 Å². The molecule has 1 saturated heterocycles. The highest BCUT2D eigenvalue weighted by Crippen LogP contribution is 2.33. The van der Waals surface area contributed by atoms with Gasteiger partial charge in [0.2, 0.25) is 11.6 Å². The highest BCUT2D eigenvalue weighted by Gasteiger charge is 2.29. The van der Waals surface area contributed by atoms with Gasteiger partial charge in [-0.15, -0.1) is 0 Å². The number of benzene rings is 1. The quantitative estimate of drug-likeness (QED) is 0.735. The first-order valence-electron chi connectivity index (χ1n) is 9.79. The SMILES string of the molecule is Cc1ccc(NC(=O)C2CCCN(c3nc(C)nc4oc(C)c(C)c34)C2)cc1. The molecule has 1 N–H and O–H groups in total. The van der Waals surface area contributed by atoms with Crippen LogP contribution < -0.4 is 10.2 Å². The van der Waals surface area contributed by atoms with Crippen LogP contribution in [0.15, 0.2) is 28.7 Å². The van der Waals surface area contributed by atoms with Crippen LogP contribution in [0.1, 0.15) is 35.6 Å². The molecule has 28 heavy (non-hydrogen) atoms. The predicted molar refractivity (Wildman–Crippen MR) is 111 cm³/mol. The molecule has 1 aromatic carbocycles. The van der Waals surface area contributed by atoms with Crippen LogP contribution in [0.4, 0.5) is 11.5 Å². The molecule has 1 aliphatic rings. The standard InChI is InChI=1S/C22H26N4O2/c1-13-7-9-18(10-8-13)25-21(27)17-6-5-11-26(12-17)20-19-14(2)15(3)28-22(19)24-16(4)23-20/h7-10,17H,5-6,11-12H2,1-4H3,(H,25,27). The zero-order valence-electron chi connectivity index (χ0n) is 16.9. The molecule has 1 unspecified atom stereocenters. The number of furan rings is 1. The second kappa shape index (κ2) is 7.26. The van der Waals surface area contributed by atoms with Gasteiger partial charge in [-0.2, -0.15) is 4.98 Å². The van der Waals surface area contributed by atoms with E-state index in [0.717, 1.165) is 47.6 Å². The molecule has 0 saturated carbocycles. The Hall–Kier alpha value is -2.89. The molecule has 3 heterocycles. The van der Waals surface area contributed by atoms with Crippen LogP contribution >= 0.6 is 0 Å². The number of amides is 1. The van der Waals surface area contributed by atoms with Crippen molar-refractivity contribution in [3.05, 3.63) is 47.0 Å². The van der Waals surface area contributed by atoms with Crippen molar-refractivity contribution in [3.8, 4) is 0 Å². The first kappa shape index (κ1) is 18.5. The predicted octanol–water partition coefficient (Wildman–Crippen LogP) is 4.31. The molecule has 2 aromatic heterocycles. The van der Waals surface area contributed by atoms with E-state index in [4.69, 9.17) is 9.40 Å². The summed E-state index contributed by atoms with van der Waals surface area (Å²) in [5, 5.41) is 4.02. The van der Waals surface area contributed by atoms with Crippen molar-refractivity contribution in [1.29, 1.82) is 0 Å². The van der Waals surface area contributed by atoms with Crippen LogP contribution in [0.2, 0.25) is 0 Å². The van der Waals surface area contributed by atoms with Crippen LogP contribution in [0, 0.1) is 33.6 Å². The molecule has 0 aliphatic carbocycles. The van der Waals surface area contributed by atoms with E-state index in [2.05, 4.69) is 15.2 Å². The third-order valence-electron chi connectivity index (χ3n) is 5.53. The van der Waals surface area contributed by atoms with Crippen LogP contribution in [-0.2, 0) is 4.79 Å². The summed E-state index contributed by atoms with van der Waals surface area (Å²) in [5.41, 5.74) is 3.71. The fourth-order valence-corrected chi connectivity index (χ4v) is 3.83. The molecule has 1 atom stereocenters. The molecule has 0 radical (unpaired) electrons. The maximum atomic E-state index is 12.8.